The van der Waals surface area contributed by atoms with Gasteiger partial charge in [0.25, 0.3) is 0 Å². The average Bonchev–Trinajstić information content (AvgIpc) is 3.14. The monoisotopic (exact) mass is 529 g/mol. The second kappa shape index (κ2) is 11.6. The molecule has 0 spiro atoms. The van der Waals surface area contributed by atoms with Crippen LogP contribution in [0.4, 0.5) is 13.2 Å². The molecule has 13 heteroatoms. The highest BCUT2D eigenvalue weighted by atomic mass is 19.4. The predicted molar refractivity (Wildman–Crippen MR) is 125 cm³/mol. The second-order valence-corrected chi connectivity index (χ2v) is 9.52. The van der Waals surface area contributed by atoms with Gasteiger partial charge < -0.3 is 26.2 Å². The summed E-state index contributed by atoms with van der Waals surface area (Å²) in [5.41, 5.74) is 9.25. The van der Waals surface area contributed by atoms with E-state index >= 15 is 0 Å². The van der Waals surface area contributed by atoms with Crippen LogP contribution in [-0.2, 0) is 35.4 Å². The lowest BCUT2D eigenvalue weighted by atomic mass is 9.81. The minimum atomic E-state index is -5.08. The molecular weight excluding hydrogens is 499 g/mol. The number of carboxylic acids is 3. The van der Waals surface area contributed by atoms with Crippen molar-refractivity contribution in [3.8, 4) is 17.0 Å². The zero-order valence-electron chi connectivity index (χ0n) is 20.4. The minimum Gasteiger partial charge on any atom is -0.508 e. The first-order valence-electron chi connectivity index (χ1n) is 11.5. The van der Waals surface area contributed by atoms with Gasteiger partial charge in [-0.05, 0) is 67.3 Å². The standard InChI is InChI=1S/C22H29N3O5.C2HF3O2/c1-22(2,12-18(27)28)7-6-14-10-16-13(11-17(14)26)4-5-15-19(16)24-25(9-3-8-23)20(15)21(29)30;3-2(4,5)1(6)7/h10-11,26H,3-9,12,23H2,1-2H3,(H,27,28)(H,29,30);(H,6,7). The van der Waals surface area contributed by atoms with Gasteiger partial charge in [0.05, 0.1) is 12.1 Å². The molecule has 6 N–H and O–H groups in total. The molecule has 0 bridgehead atoms. The van der Waals surface area contributed by atoms with Crippen molar-refractivity contribution in [2.75, 3.05) is 6.54 Å². The molecule has 204 valence electrons. The fraction of sp³-hybridized carbons (Fsp3) is 0.500. The van der Waals surface area contributed by atoms with Gasteiger partial charge in [0.15, 0.2) is 0 Å². The van der Waals surface area contributed by atoms with E-state index in [0.717, 1.165) is 16.7 Å². The number of aliphatic carboxylic acids is 2. The van der Waals surface area contributed by atoms with E-state index in [1.165, 1.54) is 4.68 Å². The molecule has 0 fully saturated rings. The van der Waals surface area contributed by atoms with Crippen LogP contribution in [0.2, 0.25) is 0 Å². The van der Waals surface area contributed by atoms with Crippen molar-refractivity contribution in [3.63, 3.8) is 0 Å². The first-order chi connectivity index (χ1) is 17.1. The van der Waals surface area contributed by atoms with Crippen LogP contribution >= 0.6 is 0 Å². The molecule has 2 aromatic rings. The molecule has 0 saturated carbocycles. The molecule has 1 aromatic carbocycles. The Labute approximate surface area is 210 Å². The summed E-state index contributed by atoms with van der Waals surface area (Å²) in [6.07, 6.45) is -2.09. The molecule has 1 aromatic heterocycles. The maximum Gasteiger partial charge on any atom is 0.490 e. The third-order valence-corrected chi connectivity index (χ3v) is 5.97. The Morgan fingerprint density at radius 1 is 1.11 bits per heavy atom. The van der Waals surface area contributed by atoms with Crippen molar-refractivity contribution in [3.05, 3.63) is 34.5 Å². The van der Waals surface area contributed by atoms with Gasteiger partial charge in [-0.3, -0.25) is 9.48 Å². The summed E-state index contributed by atoms with van der Waals surface area (Å²) in [6, 6.07) is 3.61. The highest BCUT2D eigenvalue weighted by molar-refractivity contribution is 5.91. The topological polar surface area (TPSA) is 176 Å². The second-order valence-electron chi connectivity index (χ2n) is 9.52. The highest BCUT2D eigenvalue weighted by Gasteiger charge is 2.38. The first-order valence-corrected chi connectivity index (χ1v) is 11.5. The molecule has 1 aliphatic rings. The molecular formula is C24H30F3N3O7. The molecule has 0 radical (unpaired) electrons. The van der Waals surface area contributed by atoms with Gasteiger partial charge >= 0.3 is 24.1 Å². The van der Waals surface area contributed by atoms with E-state index in [0.29, 0.717) is 56.5 Å². The largest absolute Gasteiger partial charge is 0.508 e. The van der Waals surface area contributed by atoms with Gasteiger partial charge in [-0.2, -0.15) is 18.3 Å². The molecule has 0 amide bonds. The number of aromatic carboxylic acids is 1. The normalized spacial score (nSPS) is 12.7. The fourth-order valence-electron chi connectivity index (χ4n) is 4.13. The summed E-state index contributed by atoms with van der Waals surface area (Å²) >= 11 is 0. The molecule has 37 heavy (non-hydrogen) atoms. The lowest BCUT2D eigenvalue weighted by molar-refractivity contribution is -0.192. The summed E-state index contributed by atoms with van der Waals surface area (Å²) < 4.78 is 33.3. The summed E-state index contributed by atoms with van der Waals surface area (Å²) in [5.74, 6) is -4.42. The molecule has 3 rings (SSSR count). The van der Waals surface area contributed by atoms with Crippen molar-refractivity contribution in [2.45, 2.75) is 65.1 Å². The maximum atomic E-state index is 11.9. The van der Waals surface area contributed by atoms with Crippen LogP contribution in [0, 0.1) is 5.41 Å². The van der Waals surface area contributed by atoms with Crippen LogP contribution < -0.4 is 5.73 Å². The number of fused-ring (bicyclic) bond motifs is 3. The molecule has 1 heterocycles. The third-order valence-electron chi connectivity index (χ3n) is 5.97. The average molecular weight is 530 g/mol. The van der Waals surface area contributed by atoms with E-state index in [4.69, 9.17) is 20.7 Å². The number of alkyl halides is 3. The Bertz CT molecular complexity index is 1170. The molecule has 0 atom stereocenters. The number of benzene rings is 1. The van der Waals surface area contributed by atoms with E-state index in [2.05, 4.69) is 5.10 Å². The van der Waals surface area contributed by atoms with E-state index in [-0.39, 0.29) is 17.9 Å². The number of rotatable bonds is 9. The minimum absolute atomic E-state index is 0.0520. The number of carboxylic acid groups (broad SMARTS) is 3. The summed E-state index contributed by atoms with van der Waals surface area (Å²) in [7, 11) is 0. The van der Waals surface area contributed by atoms with Crippen molar-refractivity contribution in [2.24, 2.45) is 11.1 Å². The number of nitrogens with zero attached hydrogens (tertiary/aromatic N) is 2. The van der Waals surface area contributed by atoms with Gasteiger partial charge in [-0.15, -0.1) is 0 Å². The van der Waals surface area contributed by atoms with E-state index in [1.807, 2.05) is 19.9 Å². The number of phenolic OH excluding ortho intramolecular Hbond substituents is 1. The van der Waals surface area contributed by atoms with Crippen LogP contribution in [0.25, 0.3) is 11.3 Å². The Morgan fingerprint density at radius 2 is 1.73 bits per heavy atom. The molecule has 0 saturated heterocycles. The summed E-state index contributed by atoms with van der Waals surface area (Å²) in [5, 5.41) is 41.0. The lowest BCUT2D eigenvalue weighted by Crippen LogP contribution is -2.21. The predicted octanol–water partition coefficient (Wildman–Crippen LogP) is 3.47. The number of aryl methyl sites for hydroxylation is 3. The van der Waals surface area contributed by atoms with Crippen LogP contribution in [0.1, 0.15) is 60.3 Å². The number of hydrogen-bond acceptors (Lipinski definition) is 6. The van der Waals surface area contributed by atoms with Gasteiger partial charge in [-0.1, -0.05) is 13.8 Å². The number of aromatic nitrogens is 2. The van der Waals surface area contributed by atoms with Crippen LogP contribution in [0.3, 0.4) is 0 Å². The summed E-state index contributed by atoms with van der Waals surface area (Å²) in [6.45, 7) is 4.68. The maximum absolute atomic E-state index is 11.9. The van der Waals surface area contributed by atoms with Gasteiger partial charge in [-0.25, -0.2) is 9.59 Å². The molecule has 1 aliphatic carbocycles. The molecule has 0 unspecified atom stereocenters. The van der Waals surface area contributed by atoms with Crippen molar-refractivity contribution in [1.82, 2.24) is 9.78 Å². The Hall–Kier alpha value is -3.61. The number of halogens is 3. The van der Waals surface area contributed by atoms with E-state index in [9.17, 15) is 33.0 Å². The molecule has 0 aliphatic heterocycles. The van der Waals surface area contributed by atoms with Gasteiger partial charge in [0.2, 0.25) is 0 Å². The van der Waals surface area contributed by atoms with Gasteiger partial charge in [0, 0.05) is 17.7 Å². The lowest BCUT2D eigenvalue weighted by Gasteiger charge is -2.23. The number of nitrogens with two attached hydrogens (primary N) is 1. The van der Waals surface area contributed by atoms with Crippen LogP contribution in [-0.4, -0.2) is 60.8 Å². The third kappa shape index (κ3) is 7.68. The number of hydrogen-bond donors (Lipinski definition) is 5. The number of aromatic hydroxyl groups is 1. The fourth-order valence-corrected chi connectivity index (χ4v) is 4.13. The van der Waals surface area contributed by atoms with Crippen molar-refractivity contribution < 1.29 is 48.0 Å². The zero-order valence-corrected chi connectivity index (χ0v) is 20.4. The van der Waals surface area contributed by atoms with Crippen molar-refractivity contribution >= 4 is 17.9 Å². The van der Waals surface area contributed by atoms with E-state index < -0.39 is 29.5 Å². The van der Waals surface area contributed by atoms with Gasteiger partial charge in [0.1, 0.15) is 11.4 Å². The smallest absolute Gasteiger partial charge is 0.490 e. The van der Waals surface area contributed by atoms with Crippen LogP contribution in [0.15, 0.2) is 12.1 Å². The quantitative estimate of drug-likeness (QED) is 0.325. The summed E-state index contributed by atoms with van der Waals surface area (Å²) in [4.78, 5) is 31.8. The Balaban J connectivity index is 0.000000604. The molecule has 10 nitrogen and oxygen atoms in total. The Kier molecular flexibility index (Phi) is 9.31. The zero-order chi connectivity index (χ0) is 28.1. The first kappa shape index (κ1) is 29.6. The van der Waals surface area contributed by atoms with Crippen LogP contribution in [0.5, 0.6) is 5.75 Å². The van der Waals surface area contributed by atoms with E-state index in [1.54, 1.807) is 6.07 Å². The highest BCUT2D eigenvalue weighted by Crippen LogP contribution is 2.39. The number of carbonyl (C=O) groups is 3. The number of phenols is 1. The SMILES string of the molecule is CC(C)(CCc1cc2c(cc1O)CCc1c-2nn(CCCN)c1C(=O)O)CC(=O)O.O=C(O)C(F)(F)F. The van der Waals surface area contributed by atoms with Crippen molar-refractivity contribution in [1.29, 1.82) is 0 Å². The Morgan fingerprint density at radius 3 is 2.24 bits per heavy atom.